The minimum atomic E-state index is 0.777. The standard InChI is InChI=1S/C16H22N4/c1-20(13-6-2-3-7-13)11-10-17-16-14-8-4-5-9-15(14)18-12-19-16/h4-5,8-9,12-13H,2-3,6-7,10-11H2,1H3,(H,17,18,19). The SMILES string of the molecule is CN(CCNc1ncnc2ccccc12)C1CCCC1. The van der Waals surface area contributed by atoms with E-state index < -0.39 is 0 Å². The monoisotopic (exact) mass is 270 g/mol. The average Bonchev–Trinajstić information content (AvgIpc) is 3.02. The number of para-hydroxylation sites is 1. The number of aromatic nitrogens is 2. The molecule has 0 amide bonds. The van der Waals surface area contributed by atoms with Gasteiger partial charge in [-0.3, -0.25) is 0 Å². The van der Waals surface area contributed by atoms with Gasteiger partial charge in [0.2, 0.25) is 0 Å². The van der Waals surface area contributed by atoms with Gasteiger partial charge >= 0.3 is 0 Å². The summed E-state index contributed by atoms with van der Waals surface area (Å²) >= 11 is 0. The van der Waals surface area contributed by atoms with Gasteiger partial charge in [-0.15, -0.1) is 0 Å². The molecule has 3 rings (SSSR count). The fourth-order valence-corrected chi connectivity index (χ4v) is 3.02. The third-order valence-corrected chi connectivity index (χ3v) is 4.25. The first-order valence-corrected chi connectivity index (χ1v) is 7.48. The minimum absolute atomic E-state index is 0.777. The van der Waals surface area contributed by atoms with Crippen molar-refractivity contribution in [2.75, 3.05) is 25.5 Å². The van der Waals surface area contributed by atoms with Gasteiger partial charge in [-0.25, -0.2) is 9.97 Å². The zero-order valence-corrected chi connectivity index (χ0v) is 12.0. The van der Waals surface area contributed by atoms with E-state index in [-0.39, 0.29) is 0 Å². The molecule has 2 aromatic rings. The molecule has 0 saturated heterocycles. The number of hydrogen-bond acceptors (Lipinski definition) is 4. The highest BCUT2D eigenvalue weighted by Crippen LogP contribution is 2.22. The van der Waals surface area contributed by atoms with Gasteiger partial charge in [0.15, 0.2) is 0 Å². The number of nitrogens with zero attached hydrogens (tertiary/aromatic N) is 3. The first-order chi connectivity index (χ1) is 9.84. The second kappa shape index (κ2) is 6.18. The largest absolute Gasteiger partial charge is 0.368 e. The molecule has 4 nitrogen and oxygen atoms in total. The Bertz CT molecular complexity index is 558. The van der Waals surface area contributed by atoms with Crippen molar-refractivity contribution < 1.29 is 0 Å². The Morgan fingerprint density at radius 2 is 2.00 bits per heavy atom. The van der Waals surface area contributed by atoms with Gasteiger partial charge < -0.3 is 10.2 Å². The number of anilines is 1. The van der Waals surface area contributed by atoms with Gasteiger partial charge in [-0.1, -0.05) is 25.0 Å². The third-order valence-electron chi connectivity index (χ3n) is 4.25. The number of benzene rings is 1. The Kier molecular flexibility index (Phi) is 4.11. The van der Waals surface area contributed by atoms with Gasteiger partial charge in [0.05, 0.1) is 5.52 Å². The van der Waals surface area contributed by atoms with E-state index in [1.54, 1.807) is 6.33 Å². The lowest BCUT2D eigenvalue weighted by atomic mass is 10.2. The molecule has 1 aliphatic carbocycles. The fourth-order valence-electron chi connectivity index (χ4n) is 3.02. The molecule has 1 aromatic carbocycles. The molecule has 1 fully saturated rings. The normalized spacial score (nSPS) is 16.1. The van der Waals surface area contributed by atoms with E-state index in [4.69, 9.17) is 0 Å². The molecule has 1 N–H and O–H groups in total. The molecule has 4 heteroatoms. The lowest BCUT2D eigenvalue weighted by Gasteiger charge is -2.24. The quantitative estimate of drug-likeness (QED) is 0.907. The predicted octanol–water partition coefficient (Wildman–Crippen LogP) is 2.92. The molecule has 106 valence electrons. The van der Waals surface area contributed by atoms with Crippen molar-refractivity contribution >= 4 is 16.7 Å². The predicted molar refractivity (Wildman–Crippen MR) is 82.9 cm³/mol. The molecule has 1 saturated carbocycles. The minimum Gasteiger partial charge on any atom is -0.368 e. The summed E-state index contributed by atoms with van der Waals surface area (Å²) in [4.78, 5) is 11.1. The zero-order chi connectivity index (χ0) is 13.8. The molecule has 0 atom stereocenters. The molecular weight excluding hydrogens is 248 g/mol. The van der Waals surface area contributed by atoms with E-state index in [1.165, 1.54) is 25.7 Å². The van der Waals surface area contributed by atoms with Crippen LogP contribution in [0.1, 0.15) is 25.7 Å². The van der Waals surface area contributed by atoms with Crippen LogP contribution in [0.5, 0.6) is 0 Å². The van der Waals surface area contributed by atoms with E-state index in [0.717, 1.165) is 35.9 Å². The maximum atomic E-state index is 4.36. The van der Waals surface area contributed by atoms with Crippen LogP contribution in [-0.2, 0) is 0 Å². The molecule has 0 bridgehead atoms. The Morgan fingerprint density at radius 3 is 2.85 bits per heavy atom. The van der Waals surface area contributed by atoms with Crippen LogP contribution in [0, 0.1) is 0 Å². The Balaban J connectivity index is 1.59. The number of hydrogen-bond donors (Lipinski definition) is 1. The van der Waals surface area contributed by atoms with Gasteiger partial charge in [-0.05, 0) is 32.0 Å². The molecular formula is C16H22N4. The topological polar surface area (TPSA) is 41.0 Å². The van der Waals surface area contributed by atoms with Crippen molar-refractivity contribution in [2.24, 2.45) is 0 Å². The maximum Gasteiger partial charge on any atom is 0.137 e. The molecule has 0 spiro atoms. The van der Waals surface area contributed by atoms with Crippen molar-refractivity contribution in [1.29, 1.82) is 0 Å². The molecule has 1 aliphatic rings. The average molecular weight is 270 g/mol. The molecule has 1 heterocycles. The number of rotatable bonds is 5. The maximum absolute atomic E-state index is 4.36. The Labute approximate surface area is 120 Å². The molecule has 20 heavy (non-hydrogen) atoms. The highest BCUT2D eigenvalue weighted by Gasteiger charge is 2.18. The summed E-state index contributed by atoms with van der Waals surface area (Å²) in [6, 6.07) is 8.90. The summed E-state index contributed by atoms with van der Waals surface area (Å²) in [5.74, 6) is 0.940. The second-order valence-electron chi connectivity index (χ2n) is 5.59. The summed E-state index contributed by atoms with van der Waals surface area (Å²) in [6.45, 7) is 1.98. The van der Waals surface area contributed by atoms with Gasteiger partial charge in [-0.2, -0.15) is 0 Å². The number of fused-ring (bicyclic) bond motifs is 1. The van der Waals surface area contributed by atoms with E-state index in [1.807, 2.05) is 18.2 Å². The first-order valence-electron chi connectivity index (χ1n) is 7.48. The molecule has 0 unspecified atom stereocenters. The van der Waals surface area contributed by atoms with Crippen LogP contribution in [0.4, 0.5) is 5.82 Å². The highest BCUT2D eigenvalue weighted by atomic mass is 15.2. The van der Waals surface area contributed by atoms with E-state index in [9.17, 15) is 0 Å². The first kappa shape index (κ1) is 13.3. The lowest BCUT2D eigenvalue weighted by Crippen LogP contribution is -2.33. The van der Waals surface area contributed by atoms with Crippen LogP contribution in [0.15, 0.2) is 30.6 Å². The Hall–Kier alpha value is -1.68. The van der Waals surface area contributed by atoms with Crippen LogP contribution in [0.3, 0.4) is 0 Å². The number of nitrogens with one attached hydrogen (secondary N) is 1. The molecule has 0 radical (unpaired) electrons. The van der Waals surface area contributed by atoms with Crippen molar-refractivity contribution in [3.8, 4) is 0 Å². The zero-order valence-electron chi connectivity index (χ0n) is 12.0. The Morgan fingerprint density at radius 1 is 1.20 bits per heavy atom. The number of likely N-dealkylation sites (N-methyl/N-ethyl adjacent to an activating group) is 1. The summed E-state index contributed by atoms with van der Waals surface area (Å²) in [5.41, 5.74) is 0.995. The van der Waals surface area contributed by atoms with E-state index in [0.29, 0.717) is 0 Å². The smallest absolute Gasteiger partial charge is 0.137 e. The van der Waals surface area contributed by atoms with Crippen LogP contribution in [0.25, 0.3) is 10.9 Å². The summed E-state index contributed by atoms with van der Waals surface area (Å²) in [6.07, 6.45) is 7.11. The highest BCUT2D eigenvalue weighted by molar-refractivity contribution is 5.88. The van der Waals surface area contributed by atoms with Crippen molar-refractivity contribution in [3.63, 3.8) is 0 Å². The van der Waals surface area contributed by atoms with Gasteiger partial charge in [0, 0.05) is 24.5 Å². The van der Waals surface area contributed by atoms with E-state index in [2.05, 4.69) is 33.3 Å². The van der Waals surface area contributed by atoms with Crippen LogP contribution < -0.4 is 5.32 Å². The summed E-state index contributed by atoms with van der Waals surface area (Å²) in [7, 11) is 2.23. The van der Waals surface area contributed by atoms with Crippen LogP contribution in [0.2, 0.25) is 0 Å². The van der Waals surface area contributed by atoms with Crippen molar-refractivity contribution in [1.82, 2.24) is 14.9 Å². The van der Waals surface area contributed by atoms with Crippen LogP contribution >= 0.6 is 0 Å². The van der Waals surface area contributed by atoms with Crippen molar-refractivity contribution in [2.45, 2.75) is 31.7 Å². The second-order valence-corrected chi connectivity index (χ2v) is 5.59. The molecule has 0 aliphatic heterocycles. The van der Waals surface area contributed by atoms with Gasteiger partial charge in [0.25, 0.3) is 0 Å². The van der Waals surface area contributed by atoms with Crippen LogP contribution in [-0.4, -0.2) is 41.0 Å². The van der Waals surface area contributed by atoms with E-state index >= 15 is 0 Å². The summed E-state index contributed by atoms with van der Waals surface area (Å²) in [5, 5.41) is 4.55. The lowest BCUT2D eigenvalue weighted by molar-refractivity contribution is 0.254. The van der Waals surface area contributed by atoms with Gasteiger partial charge in [0.1, 0.15) is 12.1 Å². The molecule has 1 aromatic heterocycles. The fraction of sp³-hybridized carbons (Fsp3) is 0.500. The third kappa shape index (κ3) is 2.90. The summed E-state index contributed by atoms with van der Waals surface area (Å²) < 4.78 is 0. The van der Waals surface area contributed by atoms with Crippen molar-refractivity contribution in [3.05, 3.63) is 30.6 Å².